The molecule has 1 amide bonds. The lowest BCUT2D eigenvalue weighted by atomic mass is 10.2. The van der Waals surface area contributed by atoms with E-state index in [-0.39, 0.29) is 11.7 Å². The predicted octanol–water partition coefficient (Wildman–Crippen LogP) is 5.75. The van der Waals surface area contributed by atoms with E-state index in [1.807, 2.05) is 50.2 Å². The number of nitrogens with zero attached hydrogens (tertiary/aromatic N) is 2. The molecule has 0 saturated heterocycles. The number of aromatic nitrogens is 1. The second-order valence-electron chi connectivity index (χ2n) is 6.15. The molecule has 0 fully saturated rings. The van der Waals surface area contributed by atoms with Crippen molar-refractivity contribution in [3.63, 3.8) is 0 Å². The van der Waals surface area contributed by atoms with E-state index in [1.165, 1.54) is 11.8 Å². The zero-order valence-corrected chi connectivity index (χ0v) is 18.6. The second-order valence-corrected chi connectivity index (χ2v) is 8.49. The molecule has 0 bridgehead atoms. The van der Waals surface area contributed by atoms with Crippen molar-refractivity contribution in [3.8, 4) is 5.69 Å². The van der Waals surface area contributed by atoms with E-state index in [0.29, 0.717) is 5.02 Å². The third-order valence-corrected chi connectivity index (χ3v) is 6.07. The molecule has 3 rings (SSSR count). The van der Waals surface area contributed by atoms with Crippen LogP contribution in [0.1, 0.15) is 17.0 Å². The van der Waals surface area contributed by atoms with Gasteiger partial charge in [0.15, 0.2) is 0 Å². The van der Waals surface area contributed by atoms with Crippen LogP contribution >= 0.6 is 39.3 Å². The molecule has 4 nitrogen and oxygen atoms in total. The number of para-hydroxylation sites is 1. The van der Waals surface area contributed by atoms with Crippen LogP contribution in [-0.2, 0) is 4.79 Å². The summed E-state index contributed by atoms with van der Waals surface area (Å²) in [4.78, 5) is 13.0. The van der Waals surface area contributed by atoms with E-state index in [4.69, 9.17) is 11.6 Å². The Bertz CT molecular complexity index is 1010. The fourth-order valence-electron chi connectivity index (χ4n) is 2.81. The molecule has 0 saturated carbocycles. The fourth-order valence-corrected chi connectivity index (χ4v) is 4.09. The summed E-state index contributed by atoms with van der Waals surface area (Å²) >= 11 is 10.9. The van der Waals surface area contributed by atoms with Gasteiger partial charge in [-0.2, -0.15) is 5.10 Å². The standard InChI is InChI=1S/C21H19BrClN3OS/c1-14-11-16(15(2)26(14)20-6-4-3-5-19(20)22)12-24-25-21(27)13-28-18-9-7-17(23)8-10-18/h3-12H,13H2,1-2H3,(H,25,27)/b24-12-. The minimum atomic E-state index is -0.157. The molecule has 0 atom stereocenters. The smallest absolute Gasteiger partial charge is 0.250 e. The molecule has 1 heterocycles. The highest BCUT2D eigenvalue weighted by Crippen LogP contribution is 2.26. The largest absolute Gasteiger partial charge is 0.317 e. The topological polar surface area (TPSA) is 46.4 Å². The maximum absolute atomic E-state index is 12.0. The summed E-state index contributed by atoms with van der Waals surface area (Å²) in [5.41, 5.74) is 6.76. The number of hydrazone groups is 1. The van der Waals surface area contributed by atoms with Crippen LogP contribution in [0, 0.1) is 13.8 Å². The fraction of sp³-hybridized carbons (Fsp3) is 0.143. The van der Waals surface area contributed by atoms with Crippen LogP contribution in [0.15, 0.2) is 69.1 Å². The number of hydrogen-bond acceptors (Lipinski definition) is 3. The second kappa shape index (κ2) is 9.45. The summed E-state index contributed by atoms with van der Waals surface area (Å²) in [7, 11) is 0. The monoisotopic (exact) mass is 475 g/mol. The first-order valence-corrected chi connectivity index (χ1v) is 10.8. The van der Waals surface area contributed by atoms with Gasteiger partial charge in [0, 0.05) is 31.3 Å². The van der Waals surface area contributed by atoms with Crippen molar-refractivity contribution in [1.29, 1.82) is 0 Å². The van der Waals surface area contributed by atoms with Crippen LogP contribution in [0.5, 0.6) is 0 Å². The molecule has 7 heteroatoms. The average molecular weight is 477 g/mol. The maximum Gasteiger partial charge on any atom is 0.250 e. The van der Waals surface area contributed by atoms with Crippen molar-refractivity contribution in [2.24, 2.45) is 5.10 Å². The molecule has 0 spiro atoms. The van der Waals surface area contributed by atoms with Gasteiger partial charge < -0.3 is 4.57 Å². The molecule has 0 aliphatic heterocycles. The Hall–Kier alpha value is -2.02. The summed E-state index contributed by atoms with van der Waals surface area (Å²) in [5, 5.41) is 4.79. The number of aryl methyl sites for hydroxylation is 1. The van der Waals surface area contributed by atoms with Crippen molar-refractivity contribution < 1.29 is 4.79 Å². The molecule has 0 aliphatic rings. The lowest BCUT2D eigenvalue weighted by molar-refractivity contribution is -0.118. The first kappa shape index (κ1) is 20.7. The van der Waals surface area contributed by atoms with Crippen LogP contribution in [0.4, 0.5) is 0 Å². The minimum absolute atomic E-state index is 0.157. The van der Waals surface area contributed by atoms with E-state index in [1.54, 1.807) is 18.3 Å². The number of carbonyl (C=O) groups excluding carboxylic acids is 1. The highest BCUT2D eigenvalue weighted by Gasteiger charge is 2.11. The predicted molar refractivity (Wildman–Crippen MR) is 121 cm³/mol. The van der Waals surface area contributed by atoms with Gasteiger partial charge in [-0.25, -0.2) is 5.43 Å². The molecule has 144 valence electrons. The molecule has 1 aromatic heterocycles. The third kappa shape index (κ3) is 5.07. The van der Waals surface area contributed by atoms with Gasteiger partial charge in [-0.05, 0) is 72.2 Å². The van der Waals surface area contributed by atoms with Crippen LogP contribution in [-0.4, -0.2) is 22.4 Å². The zero-order valence-electron chi connectivity index (χ0n) is 15.4. The first-order valence-electron chi connectivity index (χ1n) is 8.60. The number of rotatable bonds is 6. The van der Waals surface area contributed by atoms with Gasteiger partial charge in [-0.1, -0.05) is 23.7 Å². The Morgan fingerprint density at radius 3 is 2.64 bits per heavy atom. The highest BCUT2D eigenvalue weighted by atomic mass is 79.9. The van der Waals surface area contributed by atoms with Crippen molar-refractivity contribution >= 4 is 51.4 Å². The van der Waals surface area contributed by atoms with Crippen LogP contribution < -0.4 is 5.43 Å². The van der Waals surface area contributed by atoms with Gasteiger partial charge in [-0.3, -0.25) is 4.79 Å². The highest BCUT2D eigenvalue weighted by molar-refractivity contribution is 9.10. The van der Waals surface area contributed by atoms with E-state index in [2.05, 4.69) is 37.1 Å². The van der Waals surface area contributed by atoms with Gasteiger partial charge >= 0.3 is 0 Å². The van der Waals surface area contributed by atoms with Crippen molar-refractivity contribution in [1.82, 2.24) is 9.99 Å². The Balaban J connectivity index is 1.63. The number of halogens is 2. The van der Waals surface area contributed by atoms with Crippen molar-refractivity contribution in [2.75, 3.05) is 5.75 Å². The molecule has 2 aromatic carbocycles. The summed E-state index contributed by atoms with van der Waals surface area (Å²) in [5.74, 6) is 0.130. The molecule has 28 heavy (non-hydrogen) atoms. The van der Waals surface area contributed by atoms with Gasteiger partial charge in [0.2, 0.25) is 5.91 Å². The molecular weight excluding hydrogens is 458 g/mol. The van der Waals surface area contributed by atoms with Crippen LogP contribution in [0.2, 0.25) is 5.02 Å². The normalized spacial score (nSPS) is 11.1. The number of thioether (sulfide) groups is 1. The zero-order chi connectivity index (χ0) is 20.1. The number of benzene rings is 2. The van der Waals surface area contributed by atoms with E-state index < -0.39 is 0 Å². The molecule has 3 aromatic rings. The Labute approximate surface area is 182 Å². The number of carbonyl (C=O) groups is 1. The van der Waals surface area contributed by atoms with Crippen LogP contribution in [0.3, 0.4) is 0 Å². The quantitative estimate of drug-likeness (QED) is 0.280. The Kier molecular flexibility index (Phi) is 6.99. The number of nitrogens with one attached hydrogen (secondary N) is 1. The Morgan fingerprint density at radius 1 is 1.21 bits per heavy atom. The maximum atomic E-state index is 12.0. The Morgan fingerprint density at radius 2 is 1.93 bits per heavy atom. The van der Waals surface area contributed by atoms with E-state index in [9.17, 15) is 4.79 Å². The average Bonchev–Trinajstić information content (AvgIpc) is 2.95. The van der Waals surface area contributed by atoms with Gasteiger partial charge in [0.25, 0.3) is 0 Å². The number of amides is 1. The molecule has 1 N–H and O–H groups in total. The molecule has 0 unspecified atom stereocenters. The lowest BCUT2D eigenvalue weighted by Crippen LogP contribution is -2.19. The van der Waals surface area contributed by atoms with Gasteiger partial charge in [0.05, 0.1) is 17.7 Å². The van der Waals surface area contributed by atoms with E-state index in [0.717, 1.165) is 32.0 Å². The minimum Gasteiger partial charge on any atom is -0.317 e. The summed E-state index contributed by atoms with van der Waals surface area (Å²) < 4.78 is 3.18. The third-order valence-electron chi connectivity index (χ3n) is 4.14. The first-order chi connectivity index (χ1) is 13.5. The van der Waals surface area contributed by atoms with E-state index >= 15 is 0 Å². The summed E-state index contributed by atoms with van der Waals surface area (Å²) in [6.07, 6.45) is 1.68. The van der Waals surface area contributed by atoms with Crippen LogP contribution in [0.25, 0.3) is 5.69 Å². The molecule has 0 radical (unpaired) electrons. The summed E-state index contributed by atoms with van der Waals surface area (Å²) in [6.45, 7) is 4.08. The SMILES string of the molecule is Cc1cc(/C=N\NC(=O)CSc2ccc(Cl)cc2)c(C)n1-c1ccccc1Br. The van der Waals surface area contributed by atoms with Gasteiger partial charge in [-0.15, -0.1) is 11.8 Å². The van der Waals surface area contributed by atoms with Crippen molar-refractivity contribution in [2.45, 2.75) is 18.7 Å². The molecular formula is C21H19BrClN3OS. The lowest BCUT2D eigenvalue weighted by Gasteiger charge is -2.11. The molecule has 0 aliphatic carbocycles. The van der Waals surface area contributed by atoms with Gasteiger partial charge in [0.1, 0.15) is 0 Å². The van der Waals surface area contributed by atoms with Crippen molar-refractivity contribution in [3.05, 3.63) is 81.0 Å². The summed E-state index contributed by atoms with van der Waals surface area (Å²) in [6, 6.07) is 17.5. The number of hydrogen-bond donors (Lipinski definition) is 1.